The van der Waals surface area contributed by atoms with E-state index < -0.39 is 11.6 Å². The van der Waals surface area contributed by atoms with Gasteiger partial charge in [-0.2, -0.15) is 0 Å². The van der Waals surface area contributed by atoms with Crippen molar-refractivity contribution in [1.82, 2.24) is 0 Å². The molecule has 0 unspecified atom stereocenters. The summed E-state index contributed by atoms with van der Waals surface area (Å²) in [7, 11) is 1.36. The minimum Gasteiger partial charge on any atom is -0.493 e. The molecule has 0 aliphatic heterocycles. The fourth-order valence-electron chi connectivity index (χ4n) is 0.968. The molecule has 0 amide bonds. The third-order valence-corrected chi connectivity index (χ3v) is 3.28. The van der Waals surface area contributed by atoms with Crippen LogP contribution < -0.4 is 4.74 Å². The highest BCUT2D eigenvalue weighted by Crippen LogP contribution is 2.31. The summed E-state index contributed by atoms with van der Waals surface area (Å²) in [6.45, 7) is 0. The average molecular weight is 363 g/mol. The third kappa shape index (κ3) is 2.12. The summed E-state index contributed by atoms with van der Waals surface area (Å²) in [6, 6.07) is 0.826. The van der Waals surface area contributed by atoms with Gasteiger partial charge in [0.1, 0.15) is 5.82 Å². The van der Waals surface area contributed by atoms with E-state index in [0.29, 0.717) is 14.5 Å². The van der Waals surface area contributed by atoms with Gasteiger partial charge >= 0.3 is 0 Å². The Morgan fingerprint density at radius 3 is 2.54 bits per heavy atom. The third-order valence-electron chi connectivity index (χ3n) is 1.56. The number of hydrogen-bond donors (Lipinski definition) is 0. The number of alkyl halides is 1. The number of halogens is 4. The van der Waals surface area contributed by atoms with E-state index in [2.05, 4.69) is 15.9 Å². The average Bonchev–Trinajstić information content (AvgIpc) is 2.10. The second-order valence-corrected chi connectivity index (χ2v) is 3.94. The highest BCUT2D eigenvalue weighted by Gasteiger charge is 2.16. The standard InChI is InChI=1S/C8H6BrF2IO/c1-13-8-4(3-9)7(12)5(10)2-6(8)11/h2H,3H2,1H3. The van der Waals surface area contributed by atoms with Gasteiger partial charge in [0.15, 0.2) is 11.6 Å². The van der Waals surface area contributed by atoms with Crippen molar-refractivity contribution in [3.05, 3.63) is 26.8 Å². The first-order valence-corrected chi connectivity index (χ1v) is 5.58. The maximum absolute atomic E-state index is 13.1. The Labute approximate surface area is 96.7 Å². The molecule has 0 bridgehead atoms. The Morgan fingerprint density at radius 2 is 2.08 bits per heavy atom. The smallest absolute Gasteiger partial charge is 0.168 e. The second kappa shape index (κ2) is 4.54. The lowest BCUT2D eigenvalue weighted by molar-refractivity contribution is 0.379. The van der Waals surface area contributed by atoms with Gasteiger partial charge < -0.3 is 4.74 Å². The van der Waals surface area contributed by atoms with E-state index in [1.54, 1.807) is 0 Å². The van der Waals surface area contributed by atoms with Crippen LogP contribution in [0.5, 0.6) is 5.75 Å². The quantitative estimate of drug-likeness (QED) is 0.444. The maximum atomic E-state index is 13.1. The van der Waals surface area contributed by atoms with E-state index in [4.69, 9.17) is 4.74 Å². The molecule has 0 saturated carbocycles. The minimum absolute atomic E-state index is 0.0997. The first-order chi connectivity index (χ1) is 6.11. The molecule has 5 heteroatoms. The van der Waals surface area contributed by atoms with Gasteiger partial charge in [-0.1, -0.05) is 15.9 Å². The number of methoxy groups -OCH3 is 1. The summed E-state index contributed by atoms with van der Waals surface area (Å²) in [5.41, 5.74) is 0.501. The van der Waals surface area contributed by atoms with Crippen LogP contribution in [0.1, 0.15) is 5.56 Å². The van der Waals surface area contributed by atoms with Crippen LogP contribution in [-0.4, -0.2) is 7.11 Å². The Hall–Kier alpha value is 0.0900. The molecule has 0 spiro atoms. The van der Waals surface area contributed by atoms with Crippen LogP contribution in [0.4, 0.5) is 8.78 Å². The van der Waals surface area contributed by atoms with E-state index >= 15 is 0 Å². The van der Waals surface area contributed by atoms with Gasteiger partial charge in [-0.3, -0.25) is 0 Å². The first-order valence-electron chi connectivity index (χ1n) is 3.38. The predicted molar refractivity (Wildman–Crippen MR) is 58.3 cm³/mol. The van der Waals surface area contributed by atoms with E-state index in [9.17, 15) is 8.78 Å². The normalized spacial score (nSPS) is 10.2. The van der Waals surface area contributed by atoms with Gasteiger partial charge in [0, 0.05) is 17.0 Å². The molecule has 0 saturated heterocycles. The summed E-state index contributed by atoms with van der Waals surface area (Å²) in [6.07, 6.45) is 0. The van der Waals surface area contributed by atoms with Gasteiger partial charge in [0.2, 0.25) is 0 Å². The van der Waals surface area contributed by atoms with E-state index in [1.165, 1.54) is 7.11 Å². The Balaban J connectivity index is 3.41. The lowest BCUT2D eigenvalue weighted by Crippen LogP contribution is -1.99. The summed E-state index contributed by atoms with van der Waals surface area (Å²) in [4.78, 5) is 0. The molecule has 1 rings (SSSR count). The van der Waals surface area contributed by atoms with Crippen LogP contribution in [0.2, 0.25) is 0 Å². The molecule has 0 aromatic heterocycles. The fourth-order valence-corrected chi connectivity index (χ4v) is 2.62. The largest absolute Gasteiger partial charge is 0.493 e. The van der Waals surface area contributed by atoms with Crippen molar-refractivity contribution >= 4 is 38.5 Å². The van der Waals surface area contributed by atoms with Crippen molar-refractivity contribution in [1.29, 1.82) is 0 Å². The van der Waals surface area contributed by atoms with Crippen molar-refractivity contribution < 1.29 is 13.5 Å². The highest BCUT2D eigenvalue weighted by atomic mass is 127. The fraction of sp³-hybridized carbons (Fsp3) is 0.250. The number of ether oxygens (including phenoxy) is 1. The lowest BCUT2D eigenvalue weighted by atomic mass is 10.2. The predicted octanol–water partition coefficient (Wildman–Crippen LogP) is 3.47. The Morgan fingerprint density at radius 1 is 1.46 bits per heavy atom. The van der Waals surface area contributed by atoms with Crippen molar-refractivity contribution in [3.63, 3.8) is 0 Å². The molecular weight excluding hydrogens is 357 g/mol. The maximum Gasteiger partial charge on any atom is 0.168 e. The molecule has 0 aliphatic rings. The van der Waals surface area contributed by atoms with Crippen molar-refractivity contribution in [2.45, 2.75) is 5.33 Å². The molecule has 72 valence electrons. The zero-order chi connectivity index (χ0) is 10.0. The van der Waals surface area contributed by atoms with Crippen LogP contribution in [0, 0.1) is 15.2 Å². The molecule has 0 atom stereocenters. The van der Waals surface area contributed by atoms with E-state index in [1.807, 2.05) is 22.6 Å². The number of benzene rings is 1. The SMILES string of the molecule is COc1c(F)cc(F)c(I)c1CBr. The monoisotopic (exact) mass is 362 g/mol. The Bertz CT molecular complexity index is 330. The number of hydrogen-bond acceptors (Lipinski definition) is 1. The summed E-state index contributed by atoms with van der Waals surface area (Å²) in [5.74, 6) is -1.13. The van der Waals surface area contributed by atoms with Crippen LogP contribution in [0.15, 0.2) is 6.07 Å². The molecule has 1 aromatic rings. The van der Waals surface area contributed by atoms with Gasteiger partial charge in [-0.15, -0.1) is 0 Å². The summed E-state index contributed by atoms with van der Waals surface area (Å²) < 4.78 is 31.3. The van der Waals surface area contributed by atoms with Crippen LogP contribution in [0.25, 0.3) is 0 Å². The molecule has 0 aliphatic carbocycles. The molecule has 1 aromatic carbocycles. The van der Waals surface area contributed by atoms with Gasteiger partial charge in [0.25, 0.3) is 0 Å². The minimum atomic E-state index is -0.671. The van der Waals surface area contributed by atoms with Crippen molar-refractivity contribution in [2.75, 3.05) is 7.11 Å². The van der Waals surface area contributed by atoms with E-state index in [-0.39, 0.29) is 5.75 Å². The molecule has 0 N–H and O–H groups in total. The molecule has 0 heterocycles. The molecule has 13 heavy (non-hydrogen) atoms. The second-order valence-electron chi connectivity index (χ2n) is 2.30. The summed E-state index contributed by atoms with van der Waals surface area (Å²) in [5, 5.41) is 0.364. The van der Waals surface area contributed by atoms with Crippen LogP contribution in [-0.2, 0) is 5.33 Å². The highest BCUT2D eigenvalue weighted by molar-refractivity contribution is 14.1. The van der Waals surface area contributed by atoms with Gasteiger partial charge in [-0.25, -0.2) is 8.78 Å². The summed E-state index contributed by atoms with van der Waals surface area (Å²) >= 11 is 4.97. The zero-order valence-electron chi connectivity index (χ0n) is 6.70. The van der Waals surface area contributed by atoms with Crippen molar-refractivity contribution in [2.24, 2.45) is 0 Å². The molecule has 0 fully saturated rings. The van der Waals surface area contributed by atoms with E-state index in [0.717, 1.165) is 6.07 Å². The molecular formula is C8H6BrF2IO. The lowest BCUT2D eigenvalue weighted by Gasteiger charge is -2.09. The van der Waals surface area contributed by atoms with Crippen molar-refractivity contribution in [3.8, 4) is 5.75 Å². The topological polar surface area (TPSA) is 9.23 Å². The Kier molecular flexibility index (Phi) is 3.90. The number of rotatable bonds is 2. The zero-order valence-corrected chi connectivity index (χ0v) is 10.4. The molecule has 1 nitrogen and oxygen atoms in total. The first kappa shape index (κ1) is 11.2. The van der Waals surface area contributed by atoms with Crippen LogP contribution >= 0.6 is 38.5 Å². The molecule has 0 radical (unpaired) electrons. The van der Waals surface area contributed by atoms with Gasteiger partial charge in [0.05, 0.1) is 10.7 Å². The van der Waals surface area contributed by atoms with Gasteiger partial charge in [-0.05, 0) is 22.6 Å². The van der Waals surface area contributed by atoms with Crippen LogP contribution in [0.3, 0.4) is 0 Å².